The number of ether oxygens (including phenoxy) is 3. The Morgan fingerprint density at radius 2 is 1.80 bits per heavy atom. The number of amides is 3. The lowest BCUT2D eigenvalue weighted by atomic mass is 10.1. The average Bonchev–Trinajstić information content (AvgIpc) is 2.82. The van der Waals surface area contributed by atoms with E-state index in [0.717, 1.165) is 5.56 Å². The predicted molar refractivity (Wildman–Crippen MR) is 133 cm³/mol. The Labute approximate surface area is 204 Å². The zero-order chi connectivity index (χ0) is 26.0. The molecule has 35 heavy (non-hydrogen) atoms. The van der Waals surface area contributed by atoms with E-state index in [1.165, 1.54) is 0 Å². The Bertz CT molecular complexity index is 1070. The Kier molecular flexibility index (Phi) is 9.63. The Balaban J connectivity index is 1.83. The van der Waals surface area contributed by atoms with Crippen LogP contribution in [0.2, 0.25) is 0 Å². The molecule has 4 N–H and O–H groups in total. The molecular weight excluding hydrogens is 452 g/mol. The maximum atomic E-state index is 12.1. The maximum absolute atomic E-state index is 12.1. The van der Waals surface area contributed by atoms with Gasteiger partial charge in [-0.25, -0.2) is 9.59 Å². The highest BCUT2D eigenvalue weighted by molar-refractivity contribution is 6.03. The van der Waals surface area contributed by atoms with Gasteiger partial charge in [-0.2, -0.15) is 4.99 Å². The van der Waals surface area contributed by atoms with Crippen molar-refractivity contribution in [3.05, 3.63) is 59.7 Å². The van der Waals surface area contributed by atoms with Crippen molar-refractivity contribution >= 4 is 29.6 Å². The van der Waals surface area contributed by atoms with E-state index in [2.05, 4.69) is 15.6 Å². The van der Waals surface area contributed by atoms with Gasteiger partial charge in [-0.15, -0.1) is 0 Å². The van der Waals surface area contributed by atoms with E-state index in [1.54, 1.807) is 51.3 Å². The highest BCUT2D eigenvalue weighted by atomic mass is 16.6. The Morgan fingerprint density at radius 1 is 1.11 bits per heavy atom. The summed E-state index contributed by atoms with van der Waals surface area (Å²) in [4.78, 5) is 39.8. The van der Waals surface area contributed by atoms with E-state index in [1.807, 2.05) is 32.0 Å². The summed E-state index contributed by atoms with van der Waals surface area (Å²) in [5, 5.41) is 5.27. The van der Waals surface area contributed by atoms with Crippen LogP contribution in [0.1, 0.15) is 51.3 Å². The number of hydrogen-bond acceptors (Lipinski definition) is 6. The van der Waals surface area contributed by atoms with E-state index in [-0.39, 0.29) is 11.9 Å². The van der Waals surface area contributed by atoms with Gasteiger partial charge in [-0.3, -0.25) is 10.1 Å². The summed E-state index contributed by atoms with van der Waals surface area (Å²) in [6.45, 7) is 6.82. The zero-order valence-electron chi connectivity index (χ0n) is 20.6. The Morgan fingerprint density at radius 3 is 2.43 bits per heavy atom. The molecule has 0 heterocycles. The number of anilines is 1. The molecule has 3 amide bonds. The topological polar surface area (TPSA) is 141 Å². The largest absolute Gasteiger partial charge is 0.497 e. The van der Waals surface area contributed by atoms with Gasteiger partial charge < -0.3 is 25.3 Å². The Hall–Kier alpha value is -4.08. The van der Waals surface area contributed by atoms with Gasteiger partial charge in [0.25, 0.3) is 5.91 Å². The van der Waals surface area contributed by atoms with Crippen LogP contribution in [0.25, 0.3) is 0 Å². The van der Waals surface area contributed by atoms with Crippen LogP contribution in [0.4, 0.5) is 15.3 Å². The van der Waals surface area contributed by atoms with Crippen molar-refractivity contribution in [1.82, 2.24) is 5.32 Å². The molecule has 2 aromatic carbocycles. The number of rotatable bonds is 9. The lowest BCUT2D eigenvalue weighted by Gasteiger charge is -2.21. The molecule has 0 aliphatic heterocycles. The van der Waals surface area contributed by atoms with Crippen molar-refractivity contribution in [2.45, 2.75) is 45.8 Å². The van der Waals surface area contributed by atoms with E-state index in [0.29, 0.717) is 23.4 Å². The van der Waals surface area contributed by atoms with Gasteiger partial charge in [-0.05, 0) is 69.2 Å². The molecule has 2 rings (SSSR count). The van der Waals surface area contributed by atoms with Gasteiger partial charge in [0.05, 0.1) is 13.2 Å². The molecule has 0 spiro atoms. The van der Waals surface area contributed by atoms with Crippen molar-refractivity contribution in [3.8, 4) is 5.75 Å². The minimum Gasteiger partial charge on any atom is -0.497 e. The number of nitrogens with two attached hydrogens (primary N) is 1. The number of amidine groups is 1. The fourth-order valence-corrected chi connectivity index (χ4v) is 2.78. The van der Waals surface area contributed by atoms with E-state index in [4.69, 9.17) is 19.9 Å². The predicted octanol–water partition coefficient (Wildman–Crippen LogP) is 4.15. The molecule has 1 unspecified atom stereocenters. The third kappa shape index (κ3) is 9.00. The van der Waals surface area contributed by atoms with E-state index >= 15 is 0 Å². The lowest BCUT2D eigenvalue weighted by Crippen LogP contribution is -2.31. The van der Waals surface area contributed by atoms with Gasteiger partial charge in [-0.1, -0.05) is 19.1 Å². The van der Waals surface area contributed by atoms with Crippen molar-refractivity contribution in [3.63, 3.8) is 0 Å². The monoisotopic (exact) mass is 484 g/mol. The molecule has 0 fully saturated rings. The quantitative estimate of drug-likeness (QED) is 0.358. The summed E-state index contributed by atoms with van der Waals surface area (Å²) in [6, 6.07) is 13.3. The molecule has 188 valence electrons. The van der Waals surface area contributed by atoms with Crippen LogP contribution >= 0.6 is 0 Å². The van der Waals surface area contributed by atoms with Gasteiger partial charge >= 0.3 is 12.2 Å². The van der Waals surface area contributed by atoms with Crippen LogP contribution in [0, 0.1) is 0 Å². The van der Waals surface area contributed by atoms with Crippen molar-refractivity contribution < 1.29 is 28.6 Å². The van der Waals surface area contributed by atoms with Crippen LogP contribution in [-0.2, 0) is 14.3 Å². The number of hydrogen-bond donors (Lipinski definition) is 3. The number of carbonyl (C=O) groups excluding carboxylic acids is 3. The highest BCUT2D eigenvalue weighted by Gasteiger charge is 2.20. The summed E-state index contributed by atoms with van der Waals surface area (Å²) < 4.78 is 15.4. The third-order valence-electron chi connectivity index (χ3n) is 5.16. The smallest absolute Gasteiger partial charge is 0.436 e. The van der Waals surface area contributed by atoms with Gasteiger partial charge in [0, 0.05) is 11.3 Å². The fourth-order valence-electron chi connectivity index (χ4n) is 2.78. The first-order valence-corrected chi connectivity index (χ1v) is 11.1. The second kappa shape index (κ2) is 12.4. The summed E-state index contributed by atoms with van der Waals surface area (Å²) in [5.74, 6) is 0.212. The standard InChI is InChI=1S/C25H32N4O6/c1-6-25(3,4)35-24(32)29-22(26)17-10-12-19(13-11-17)28-23(31)34-15-21(30)27-16(2)18-8-7-9-20(14-18)33-5/h7-14,16H,6,15H2,1-5H3,(H,27,30)(H,28,31)(H2,26,29,32). The average molecular weight is 485 g/mol. The lowest BCUT2D eigenvalue weighted by molar-refractivity contribution is -0.124. The van der Waals surface area contributed by atoms with Crippen molar-refractivity contribution in [1.29, 1.82) is 0 Å². The summed E-state index contributed by atoms with van der Waals surface area (Å²) in [7, 11) is 1.57. The van der Waals surface area contributed by atoms with E-state index < -0.39 is 30.3 Å². The number of methoxy groups -OCH3 is 1. The summed E-state index contributed by atoms with van der Waals surface area (Å²) in [5.41, 5.74) is 6.97. The molecule has 10 nitrogen and oxygen atoms in total. The van der Waals surface area contributed by atoms with Gasteiger partial charge in [0.1, 0.15) is 17.2 Å². The third-order valence-corrected chi connectivity index (χ3v) is 5.16. The zero-order valence-corrected chi connectivity index (χ0v) is 20.6. The molecule has 0 aromatic heterocycles. The summed E-state index contributed by atoms with van der Waals surface area (Å²) >= 11 is 0. The number of nitrogens with zero attached hydrogens (tertiary/aromatic N) is 1. The second-order valence-corrected chi connectivity index (χ2v) is 8.32. The summed E-state index contributed by atoms with van der Waals surface area (Å²) in [6.07, 6.45) is -0.943. The molecule has 1 atom stereocenters. The minimum atomic E-state index is -0.797. The molecule has 0 aliphatic rings. The molecule has 0 saturated carbocycles. The molecule has 2 aromatic rings. The SMILES string of the molecule is CCC(C)(C)OC(=O)/N=C(\N)c1ccc(NC(=O)OCC(=O)NC(C)c2cccc(OC)c2)cc1. The first-order chi connectivity index (χ1) is 16.5. The molecule has 10 heteroatoms. The van der Waals surface area contributed by atoms with Crippen molar-refractivity contribution in [2.24, 2.45) is 10.7 Å². The molecule has 0 radical (unpaired) electrons. The van der Waals surface area contributed by atoms with Gasteiger partial charge in [0.15, 0.2) is 6.61 Å². The van der Waals surface area contributed by atoms with Crippen LogP contribution in [-0.4, -0.2) is 43.2 Å². The van der Waals surface area contributed by atoms with Crippen LogP contribution < -0.4 is 21.1 Å². The number of aliphatic imine (C=N–C) groups is 1. The normalized spacial score (nSPS) is 12.3. The van der Waals surface area contributed by atoms with Crippen LogP contribution in [0.3, 0.4) is 0 Å². The van der Waals surface area contributed by atoms with Crippen molar-refractivity contribution in [2.75, 3.05) is 19.0 Å². The first kappa shape index (κ1) is 27.2. The molecule has 0 saturated heterocycles. The van der Waals surface area contributed by atoms with Crippen LogP contribution in [0.5, 0.6) is 5.75 Å². The van der Waals surface area contributed by atoms with Gasteiger partial charge in [0.2, 0.25) is 0 Å². The molecule has 0 aliphatic carbocycles. The number of benzene rings is 2. The highest BCUT2D eigenvalue weighted by Crippen LogP contribution is 2.19. The number of nitrogens with one attached hydrogen (secondary N) is 2. The van der Waals surface area contributed by atoms with E-state index in [9.17, 15) is 14.4 Å². The first-order valence-electron chi connectivity index (χ1n) is 11.1. The second-order valence-electron chi connectivity index (χ2n) is 8.32. The minimum absolute atomic E-state index is 0.0159. The molecule has 0 bridgehead atoms. The maximum Gasteiger partial charge on any atom is 0.436 e. The number of carbonyl (C=O) groups is 3. The molecular formula is C25H32N4O6. The fraction of sp³-hybridized carbons (Fsp3) is 0.360. The van der Waals surface area contributed by atoms with Crippen LogP contribution in [0.15, 0.2) is 53.5 Å².